The Bertz CT molecular complexity index is 1440. The minimum absolute atomic E-state index is 0.154. The van der Waals surface area contributed by atoms with E-state index in [1.165, 1.54) is 12.6 Å². The first-order valence-electron chi connectivity index (χ1n) is 11.5. The Morgan fingerprint density at radius 1 is 1.23 bits per heavy atom. The van der Waals surface area contributed by atoms with E-state index in [1.807, 2.05) is 37.3 Å². The minimum Gasteiger partial charge on any atom is -0.496 e. The van der Waals surface area contributed by atoms with Gasteiger partial charge in [0.05, 0.1) is 18.9 Å². The van der Waals surface area contributed by atoms with E-state index in [-0.39, 0.29) is 11.7 Å². The van der Waals surface area contributed by atoms with Crippen molar-refractivity contribution in [3.05, 3.63) is 58.9 Å². The van der Waals surface area contributed by atoms with Gasteiger partial charge in [-0.2, -0.15) is 5.10 Å². The number of benzene rings is 2. The fourth-order valence-corrected chi connectivity index (χ4v) is 4.70. The predicted molar refractivity (Wildman–Crippen MR) is 139 cm³/mol. The van der Waals surface area contributed by atoms with E-state index in [0.717, 1.165) is 35.1 Å². The smallest absolute Gasteiger partial charge is 0.255 e. The Balaban J connectivity index is 1.65. The van der Waals surface area contributed by atoms with Crippen molar-refractivity contribution in [3.63, 3.8) is 0 Å². The zero-order valence-electron chi connectivity index (χ0n) is 19.6. The first kappa shape index (κ1) is 23.0. The van der Waals surface area contributed by atoms with Gasteiger partial charge in [-0.15, -0.1) is 0 Å². The van der Waals surface area contributed by atoms with Gasteiger partial charge in [0, 0.05) is 23.4 Å². The monoisotopic (exact) mass is 490 g/mol. The van der Waals surface area contributed by atoms with Crippen molar-refractivity contribution in [1.82, 2.24) is 19.9 Å². The van der Waals surface area contributed by atoms with E-state index in [2.05, 4.69) is 10.3 Å². The Hall–Kier alpha value is -3.78. The number of fused-ring (bicyclic) bond motifs is 1. The van der Waals surface area contributed by atoms with Gasteiger partial charge < -0.3 is 21.5 Å². The van der Waals surface area contributed by atoms with Crippen molar-refractivity contribution in [2.24, 2.45) is 5.92 Å². The standard InChI is InChI=1S/C26H27ClN6O2/c1-14-10-17(28)7-9-18(14)23-22(24-25(29)30-13-21(27)33(24)32-23)16-6-8-19(20(11-16)35-2)26(34)31-12-15-4-3-5-15/h6-11,13,15H,3-5,12,28H2,1-2H3,(H2,29,30)(H,31,34). The zero-order valence-corrected chi connectivity index (χ0v) is 20.4. The molecule has 180 valence electrons. The highest BCUT2D eigenvalue weighted by atomic mass is 35.5. The second-order valence-electron chi connectivity index (χ2n) is 8.95. The maximum absolute atomic E-state index is 12.9. The number of carbonyl (C=O) groups is 1. The van der Waals surface area contributed by atoms with E-state index < -0.39 is 0 Å². The molecule has 8 nitrogen and oxygen atoms in total. The number of nitrogens with one attached hydrogen (secondary N) is 1. The molecule has 1 amide bonds. The normalized spacial score (nSPS) is 13.6. The molecule has 9 heteroatoms. The van der Waals surface area contributed by atoms with Gasteiger partial charge in [-0.1, -0.05) is 30.2 Å². The Kier molecular flexibility index (Phi) is 5.98. The van der Waals surface area contributed by atoms with Gasteiger partial charge in [0.25, 0.3) is 5.91 Å². The van der Waals surface area contributed by atoms with Crippen LogP contribution in [-0.4, -0.2) is 34.2 Å². The third kappa shape index (κ3) is 4.14. The number of nitrogen functional groups attached to an aromatic ring is 2. The number of amides is 1. The van der Waals surface area contributed by atoms with Crippen LogP contribution in [0.3, 0.4) is 0 Å². The molecule has 5 N–H and O–H groups in total. The number of carbonyl (C=O) groups excluding carboxylic acids is 1. The Labute approximate surface area is 208 Å². The van der Waals surface area contributed by atoms with Crippen LogP contribution >= 0.6 is 11.6 Å². The molecule has 0 spiro atoms. The summed E-state index contributed by atoms with van der Waals surface area (Å²) in [7, 11) is 1.55. The molecular weight excluding hydrogens is 464 g/mol. The number of rotatable bonds is 6. The fourth-order valence-electron chi connectivity index (χ4n) is 4.53. The Morgan fingerprint density at radius 2 is 2.03 bits per heavy atom. The maximum Gasteiger partial charge on any atom is 0.255 e. The number of hydrogen-bond acceptors (Lipinski definition) is 6. The van der Waals surface area contributed by atoms with Gasteiger partial charge in [-0.05, 0) is 61.1 Å². The molecule has 4 aromatic rings. The van der Waals surface area contributed by atoms with Crippen molar-refractivity contribution < 1.29 is 9.53 Å². The van der Waals surface area contributed by atoms with E-state index in [4.69, 9.17) is 32.9 Å². The molecule has 1 aliphatic rings. The zero-order chi connectivity index (χ0) is 24.7. The second-order valence-corrected chi connectivity index (χ2v) is 9.33. The lowest BCUT2D eigenvalue weighted by Gasteiger charge is -2.25. The summed E-state index contributed by atoms with van der Waals surface area (Å²) in [5.74, 6) is 1.16. The molecule has 0 aliphatic heterocycles. The summed E-state index contributed by atoms with van der Waals surface area (Å²) in [6, 6.07) is 11.1. The Morgan fingerprint density at radius 3 is 2.71 bits per heavy atom. The van der Waals surface area contributed by atoms with E-state index >= 15 is 0 Å². The first-order valence-corrected chi connectivity index (χ1v) is 11.9. The molecule has 0 saturated heterocycles. The first-order chi connectivity index (χ1) is 16.9. The van der Waals surface area contributed by atoms with Crippen molar-refractivity contribution in [2.45, 2.75) is 26.2 Å². The van der Waals surface area contributed by atoms with Crippen molar-refractivity contribution >= 4 is 34.5 Å². The van der Waals surface area contributed by atoms with Crippen molar-refractivity contribution in [1.29, 1.82) is 0 Å². The van der Waals surface area contributed by atoms with Crippen molar-refractivity contribution in [3.8, 4) is 28.1 Å². The lowest BCUT2D eigenvalue weighted by atomic mass is 9.85. The van der Waals surface area contributed by atoms with Crippen LogP contribution in [0.2, 0.25) is 5.15 Å². The third-order valence-electron chi connectivity index (χ3n) is 6.66. The molecule has 0 atom stereocenters. The highest BCUT2D eigenvalue weighted by molar-refractivity contribution is 6.29. The van der Waals surface area contributed by atoms with Gasteiger partial charge >= 0.3 is 0 Å². The molecule has 0 unspecified atom stereocenters. The van der Waals surface area contributed by atoms with Crippen molar-refractivity contribution in [2.75, 3.05) is 25.1 Å². The molecule has 0 bridgehead atoms. The average molecular weight is 491 g/mol. The summed E-state index contributed by atoms with van der Waals surface area (Å²) in [6.45, 7) is 2.65. The van der Waals surface area contributed by atoms with Crippen LogP contribution in [0.5, 0.6) is 5.75 Å². The minimum atomic E-state index is -0.154. The molecular formula is C26H27ClN6O2. The predicted octanol–water partition coefficient (Wildman–Crippen LogP) is 4.73. The molecule has 2 aromatic heterocycles. The van der Waals surface area contributed by atoms with Crippen LogP contribution in [-0.2, 0) is 0 Å². The number of ether oxygens (including phenoxy) is 1. The number of hydrogen-bond donors (Lipinski definition) is 3. The van der Waals surface area contributed by atoms with Crippen LogP contribution in [0, 0.1) is 12.8 Å². The van der Waals surface area contributed by atoms with E-state index in [0.29, 0.717) is 45.8 Å². The lowest BCUT2D eigenvalue weighted by Crippen LogP contribution is -2.32. The summed E-state index contributed by atoms with van der Waals surface area (Å²) in [5.41, 5.74) is 18.0. The van der Waals surface area contributed by atoms with Crippen LogP contribution in [0.25, 0.3) is 27.9 Å². The third-order valence-corrected chi connectivity index (χ3v) is 6.91. The average Bonchev–Trinajstić information content (AvgIpc) is 3.21. The summed E-state index contributed by atoms with van der Waals surface area (Å²) in [4.78, 5) is 17.1. The molecule has 2 heterocycles. The fraction of sp³-hybridized carbons (Fsp3) is 0.269. The van der Waals surface area contributed by atoms with Gasteiger partial charge in [-0.25, -0.2) is 9.50 Å². The van der Waals surface area contributed by atoms with Crippen LogP contribution in [0.15, 0.2) is 42.6 Å². The SMILES string of the molecule is COc1cc(-c2c(-c3ccc(N)cc3C)nn3c(Cl)cnc(N)c23)ccc1C(=O)NCC1CCC1. The summed E-state index contributed by atoms with van der Waals surface area (Å²) in [6.07, 6.45) is 5.03. The second kappa shape index (κ2) is 9.11. The molecule has 1 fully saturated rings. The van der Waals surface area contributed by atoms with Crippen LogP contribution < -0.4 is 21.5 Å². The van der Waals surface area contributed by atoms with Gasteiger partial charge in [-0.3, -0.25) is 4.79 Å². The van der Waals surface area contributed by atoms with E-state index in [1.54, 1.807) is 17.7 Å². The maximum atomic E-state index is 12.9. The largest absolute Gasteiger partial charge is 0.496 e. The molecule has 0 radical (unpaired) electrons. The van der Waals surface area contributed by atoms with Crippen LogP contribution in [0.4, 0.5) is 11.5 Å². The molecule has 35 heavy (non-hydrogen) atoms. The van der Waals surface area contributed by atoms with Gasteiger partial charge in [0.1, 0.15) is 27.9 Å². The van der Waals surface area contributed by atoms with Gasteiger partial charge in [0.2, 0.25) is 0 Å². The summed E-state index contributed by atoms with van der Waals surface area (Å²) in [5, 5.41) is 8.15. The number of anilines is 2. The highest BCUT2D eigenvalue weighted by Gasteiger charge is 2.24. The quantitative estimate of drug-likeness (QED) is 0.336. The number of aromatic nitrogens is 3. The molecule has 2 aromatic carbocycles. The molecule has 1 aliphatic carbocycles. The van der Waals surface area contributed by atoms with E-state index in [9.17, 15) is 4.79 Å². The topological polar surface area (TPSA) is 121 Å². The number of methoxy groups -OCH3 is 1. The number of nitrogens with two attached hydrogens (primary N) is 2. The number of halogens is 1. The molecule has 1 saturated carbocycles. The van der Waals surface area contributed by atoms with Gasteiger partial charge in [0.15, 0.2) is 0 Å². The number of aryl methyl sites for hydroxylation is 1. The highest BCUT2D eigenvalue weighted by Crippen LogP contribution is 2.41. The molecule has 5 rings (SSSR count). The lowest BCUT2D eigenvalue weighted by molar-refractivity contribution is 0.0936. The van der Waals surface area contributed by atoms with Crippen LogP contribution in [0.1, 0.15) is 35.2 Å². The summed E-state index contributed by atoms with van der Waals surface area (Å²) < 4.78 is 7.21. The summed E-state index contributed by atoms with van der Waals surface area (Å²) >= 11 is 6.44. The number of nitrogens with zero attached hydrogens (tertiary/aromatic N) is 3.